The molecule has 1 aromatic carbocycles. The molecule has 1 amide bonds. The summed E-state index contributed by atoms with van der Waals surface area (Å²) >= 11 is 6.03. The number of carbonyl (C=O) groups excluding carboxylic acids is 1. The topological polar surface area (TPSA) is 59.8 Å². The smallest absolute Gasteiger partial charge is 0.235 e. The number of aromatic nitrogens is 3. The Balaban J connectivity index is 1.67. The lowest BCUT2D eigenvalue weighted by Gasteiger charge is -2.28. The van der Waals surface area contributed by atoms with Gasteiger partial charge in [-0.15, -0.1) is 0 Å². The van der Waals surface area contributed by atoms with Gasteiger partial charge in [0, 0.05) is 17.5 Å². The van der Waals surface area contributed by atoms with Gasteiger partial charge in [-0.25, -0.2) is 4.98 Å². The Bertz CT molecular complexity index is 971. The minimum atomic E-state index is -0.496. The number of hydrogen-bond acceptors (Lipinski definition) is 3. The highest BCUT2D eigenvalue weighted by Crippen LogP contribution is 2.42. The molecule has 4 rings (SSSR count). The lowest BCUT2D eigenvalue weighted by molar-refractivity contribution is -0.121. The molecular formula is C20H21ClN4O. The zero-order valence-corrected chi connectivity index (χ0v) is 15.7. The van der Waals surface area contributed by atoms with Gasteiger partial charge in [-0.2, -0.15) is 5.10 Å². The van der Waals surface area contributed by atoms with Crippen LogP contribution >= 0.6 is 11.6 Å². The maximum Gasteiger partial charge on any atom is 0.235 e. The lowest BCUT2D eigenvalue weighted by atomic mass is 9.78. The Kier molecular flexibility index (Phi) is 4.19. The summed E-state index contributed by atoms with van der Waals surface area (Å²) in [5.41, 5.74) is 2.96. The van der Waals surface area contributed by atoms with Crippen LogP contribution in [-0.4, -0.2) is 20.7 Å². The second-order valence-electron chi connectivity index (χ2n) is 7.05. The minimum absolute atomic E-state index is 0.0278. The highest BCUT2D eigenvalue weighted by molar-refractivity contribution is 6.30. The average molecular weight is 369 g/mol. The molecule has 26 heavy (non-hydrogen) atoms. The summed E-state index contributed by atoms with van der Waals surface area (Å²) in [6.45, 7) is 1.95. The van der Waals surface area contributed by atoms with Crippen LogP contribution in [0.1, 0.15) is 36.9 Å². The molecule has 1 aliphatic rings. The van der Waals surface area contributed by atoms with Gasteiger partial charge in [-0.3, -0.25) is 9.48 Å². The maximum atomic E-state index is 13.3. The van der Waals surface area contributed by atoms with Gasteiger partial charge in [0.05, 0.1) is 23.0 Å². The summed E-state index contributed by atoms with van der Waals surface area (Å²) in [5, 5.41) is 9.12. The number of amides is 1. The fraction of sp³-hybridized carbons (Fsp3) is 0.350. The number of nitrogens with one attached hydrogen (secondary N) is 1. The van der Waals surface area contributed by atoms with Crippen LogP contribution in [0.2, 0.25) is 5.02 Å². The molecule has 0 radical (unpaired) electrons. The average Bonchev–Trinajstić information content (AvgIpc) is 3.22. The molecule has 0 atom stereocenters. The first-order valence-electron chi connectivity index (χ1n) is 8.86. The molecular weight excluding hydrogens is 348 g/mol. The van der Waals surface area contributed by atoms with E-state index in [1.165, 1.54) is 0 Å². The Morgan fingerprint density at radius 1 is 1.23 bits per heavy atom. The van der Waals surface area contributed by atoms with Crippen LogP contribution in [0.3, 0.4) is 0 Å². The van der Waals surface area contributed by atoms with Gasteiger partial charge in [0.2, 0.25) is 5.91 Å². The number of anilines is 1. The standard InChI is InChI=1S/C20H21ClN4O/c1-13-17-11-16(12-22-18(17)25(2)24-13)23-19(26)20(9-3-4-10-20)14-5-7-15(21)8-6-14/h5-8,11-12H,3-4,9-10H2,1-2H3,(H,23,26). The molecule has 0 unspecified atom stereocenters. The van der Waals surface area contributed by atoms with Crippen molar-refractivity contribution in [2.24, 2.45) is 7.05 Å². The lowest BCUT2D eigenvalue weighted by Crippen LogP contribution is -2.38. The van der Waals surface area contributed by atoms with Crippen LogP contribution in [0.5, 0.6) is 0 Å². The molecule has 1 fully saturated rings. The number of carbonyl (C=O) groups is 1. The van der Waals surface area contributed by atoms with Crippen LogP contribution < -0.4 is 5.32 Å². The van der Waals surface area contributed by atoms with Crippen LogP contribution in [0.15, 0.2) is 36.5 Å². The number of aryl methyl sites for hydroxylation is 2. The number of nitrogens with zero attached hydrogens (tertiary/aromatic N) is 3. The highest BCUT2D eigenvalue weighted by Gasteiger charge is 2.42. The number of halogens is 1. The first kappa shape index (κ1) is 17.0. The third-order valence-corrected chi connectivity index (χ3v) is 5.66. The molecule has 2 aromatic heterocycles. The van der Waals surface area contributed by atoms with Crippen molar-refractivity contribution in [1.82, 2.24) is 14.8 Å². The molecule has 0 spiro atoms. The number of fused-ring (bicyclic) bond motifs is 1. The molecule has 134 valence electrons. The summed E-state index contributed by atoms with van der Waals surface area (Å²) in [4.78, 5) is 17.7. The quantitative estimate of drug-likeness (QED) is 0.746. The summed E-state index contributed by atoms with van der Waals surface area (Å²) in [6.07, 6.45) is 5.50. The van der Waals surface area contributed by atoms with Gasteiger partial charge in [0.15, 0.2) is 5.65 Å². The molecule has 1 aliphatic carbocycles. The SMILES string of the molecule is Cc1nn(C)c2ncc(NC(=O)C3(c4ccc(Cl)cc4)CCCC3)cc12. The largest absolute Gasteiger partial charge is 0.324 e. The molecule has 0 saturated heterocycles. The Morgan fingerprint density at radius 3 is 2.62 bits per heavy atom. The van der Waals surface area contributed by atoms with E-state index in [1.807, 2.05) is 44.3 Å². The fourth-order valence-corrected chi connectivity index (χ4v) is 4.15. The number of rotatable bonds is 3. The molecule has 5 nitrogen and oxygen atoms in total. The van der Waals surface area contributed by atoms with E-state index in [-0.39, 0.29) is 5.91 Å². The molecule has 0 bridgehead atoms. The van der Waals surface area contributed by atoms with Gasteiger partial charge >= 0.3 is 0 Å². The highest BCUT2D eigenvalue weighted by atomic mass is 35.5. The van der Waals surface area contributed by atoms with Crippen molar-refractivity contribution in [1.29, 1.82) is 0 Å². The van der Waals surface area contributed by atoms with Crippen molar-refractivity contribution in [2.45, 2.75) is 38.0 Å². The van der Waals surface area contributed by atoms with Crippen molar-refractivity contribution in [3.63, 3.8) is 0 Å². The summed E-state index contributed by atoms with van der Waals surface area (Å²) in [7, 11) is 1.87. The third kappa shape index (κ3) is 2.76. The monoisotopic (exact) mass is 368 g/mol. The van der Waals surface area contributed by atoms with Crippen LogP contribution in [0, 0.1) is 6.92 Å². The summed E-state index contributed by atoms with van der Waals surface area (Å²) < 4.78 is 1.75. The molecule has 1 N–H and O–H groups in total. The summed E-state index contributed by atoms with van der Waals surface area (Å²) in [5.74, 6) is 0.0278. The Labute approximate surface area is 157 Å². The zero-order chi connectivity index (χ0) is 18.3. The minimum Gasteiger partial charge on any atom is -0.324 e. The second-order valence-corrected chi connectivity index (χ2v) is 7.49. The van der Waals surface area contributed by atoms with Gasteiger partial charge in [-0.05, 0) is 43.5 Å². The van der Waals surface area contributed by atoms with Crippen LogP contribution in [0.4, 0.5) is 5.69 Å². The first-order valence-corrected chi connectivity index (χ1v) is 9.24. The Hall–Kier alpha value is -2.40. The van der Waals surface area contributed by atoms with Crippen LogP contribution in [0.25, 0.3) is 11.0 Å². The van der Waals surface area contributed by atoms with E-state index < -0.39 is 5.41 Å². The van der Waals surface area contributed by atoms with E-state index in [4.69, 9.17) is 11.6 Å². The molecule has 3 aromatic rings. The van der Waals surface area contributed by atoms with Crippen molar-refractivity contribution < 1.29 is 4.79 Å². The molecule has 1 saturated carbocycles. The fourth-order valence-electron chi connectivity index (χ4n) is 4.02. The van der Waals surface area contributed by atoms with E-state index in [2.05, 4.69) is 15.4 Å². The van der Waals surface area contributed by atoms with Crippen molar-refractivity contribution in [3.8, 4) is 0 Å². The van der Waals surface area contributed by atoms with Crippen molar-refractivity contribution >= 4 is 34.2 Å². The first-order chi connectivity index (χ1) is 12.5. The normalized spacial score (nSPS) is 16.1. The van der Waals surface area contributed by atoms with Crippen molar-refractivity contribution in [3.05, 3.63) is 52.8 Å². The van der Waals surface area contributed by atoms with Gasteiger partial charge in [0.25, 0.3) is 0 Å². The van der Waals surface area contributed by atoms with E-state index >= 15 is 0 Å². The van der Waals surface area contributed by atoms with Crippen molar-refractivity contribution in [2.75, 3.05) is 5.32 Å². The van der Waals surface area contributed by atoms with Gasteiger partial charge in [-0.1, -0.05) is 36.6 Å². The number of hydrogen-bond donors (Lipinski definition) is 1. The van der Waals surface area contributed by atoms with E-state index in [9.17, 15) is 4.79 Å². The van der Waals surface area contributed by atoms with Crippen LogP contribution in [-0.2, 0) is 17.3 Å². The zero-order valence-electron chi connectivity index (χ0n) is 14.9. The Morgan fingerprint density at radius 2 is 1.92 bits per heavy atom. The maximum absolute atomic E-state index is 13.3. The van der Waals surface area contributed by atoms with E-state index in [0.717, 1.165) is 48.0 Å². The van der Waals surface area contributed by atoms with E-state index in [1.54, 1.807) is 10.9 Å². The van der Waals surface area contributed by atoms with Gasteiger partial charge in [0.1, 0.15) is 0 Å². The second kappa shape index (κ2) is 6.40. The summed E-state index contributed by atoms with van der Waals surface area (Å²) in [6, 6.07) is 9.61. The predicted octanol–water partition coefficient (Wildman–Crippen LogP) is 4.38. The molecule has 6 heteroatoms. The molecule has 0 aliphatic heterocycles. The van der Waals surface area contributed by atoms with Gasteiger partial charge < -0.3 is 5.32 Å². The number of benzene rings is 1. The third-order valence-electron chi connectivity index (χ3n) is 5.41. The van der Waals surface area contributed by atoms with E-state index in [0.29, 0.717) is 10.7 Å². The predicted molar refractivity (Wildman–Crippen MR) is 103 cm³/mol. The number of pyridine rings is 1. The molecule has 2 heterocycles.